The number of unbranched alkanes of at least 4 members (excludes halogenated alkanes) is 1. The third-order valence-electron chi connectivity index (χ3n) is 5.51. The fourth-order valence-electron chi connectivity index (χ4n) is 4.26. The lowest BCUT2D eigenvalue weighted by Gasteiger charge is -2.29. The lowest BCUT2D eigenvalue weighted by atomic mass is 9.81. The molecule has 24 heavy (non-hydrogen) atoms. The van der Waals surface area contributed by atoms with Gasteiger partial charge in [-0.2, -0.15) is 0 Å². The van der Waals surface area contributed by atoms with Crippen LogP contribution in [-0.2, 0) is 19.1 Å². The Balaban J connectivity index is 2.15. The van der Waals surface area contributed by atoms with Gasteiger partial charge in [0.15, 0.2) is 0 Å². The van der Waals surface area contributed by atoms with E-state index in [1.54, 1.807) is 0 Å². The molecule has 2 aliphatic rings. The number of esters is 2. The second kappa shape index (κ2) is 7.71. The second-order valence-electron chi connectivity index (χ2n) is 8.21. The summed E-state index contributed by atoms with van der Waals surface area (Å²) < 4.78 is 11.1. The van der Waals surface area contributed by atoms with E-state index in [2.05, 4.69) is 39.8 Å². The van der Waals surface area contributed by atoms with E-state index in [9.17, 15) is 9.59 Å². The van der Waals surface area contributed by atoms with Crippen molar-refractivity contribution in [2.45, 2.75) is 78.9 Å². The van der Waals surface area contributed by atoms with Crippen molar-refractivity contribution in [3.8, 4) is 0 Å². The van der Waals surface area contributed by atoms with E-state index in [0.29, 0.717) is 12.3 Å². The SMILES string of the molecule is CCCCC(C)(C)/C=C/[C@H](OC(C)=O)[C@@H]1[C@H]2CC(=O)O[C@H]2C[C@H]1C. The van der Waals surface area contributed by atoms with Crippen molar-refractivity contribution in [2.24, 2.45) is 23.2 Å². The number of fused-ring (bicyclic) bond motifs is 1. The van der Waals surface area contributed by atoms with Crippen LogP contribution in [-0.4, -0.2) is 24.1 Å². The summed E-state index contributed by atoms with van der Waals surface area (Å²) in [6, 6.07) is 0. The molecule has 1 saturated heterocycles. The smallest absolute Gasteiger partial charge is 0.306 e. The number of rotatable bonds is 7. The van der Waals surface area contributed by atoms with Crippen LogP contribution < -0.4 is 0 Å². The number of hydrogen-bond acceptors (Lipinski definition) is 4. The molecule has 2 rings (SSSR count). The first kappa shape index (κ1) is 19.0. The molecule has 0 radical (unpaired) electrons. The van der Waals surface area contributed by atoms with E-state index < -0.39 is 0 Å². The van der Waals surface area contributed by atoms with Gasteiger partial charge in [-0.05, 0) is 30.3 Å². The Kier molecular flexibility index (Phi) is 6.11. The summed E-state index contributed by atoms with van der Waals surface area (Å²) in [4.78, 5) is 23.3. The maximum Gasteiger partial charge on any atom is 0.306 e. The van der Waals surface area contributed by atoms with Gasteiger partial charge in [-0.3, -0.25) is 9.59 Å². The second-order valence-corrected chi connectivity index (χ2v) is 8.21. The average molecular weight is 336 g/mol. The predicted molar refractivity (Wildman–Crippen MR) is 93.3 cm³/mol. The van der Waals surface area contributed by atoms with Gasteiger partial charge in [0.2, 0.25) is 0 Å². The van der Waals surface area contributed by atoms with Crippen molar-refractivity contribution in [1.29, 1.82) is 0 Å². The summed E-state index contributed by atoms with van der Waals surface area (Å²) in [6.07, 6.45) is 8.75. The number of allylic oxidation sites excluding steroid dienone is 1. The highest BCUT2D eigenvalue weighted by Crippen LogP contribution is 2.47. The molecule has 1 aliphatic heterocycles. The average Bonchev–Trinajstić information content (AvgIpc) is 2.96. The molecule has 4 heteroatoms. The summed E-state index contributed by atoms with van der Waals surface area (Å²) >= 11 is 0. The van der Waals surface area contributed by atoms with Gasteiger partial charge in [0.1, 0.15) is 12.2 Å². The largest absolute Gasteiger partial charge is 0.462 e. The minimum absolute atomic E-state index is 0.00272. The van der Waals surface area contributed by atoms with Crippen LogP contribution in [0.25, 0.3) is 0 Å². The quantitative estimate of drug-likeness (QED) is 0.514. The predicted octanol–water partition coefficient (Wildman–Crippen LogP) is 4.28. The van der Waals surface area contributed by atoms with Crippen LogP contribution in [0.2, 0.25) is 0 Å². The molecule has 0 unspecified atom stereocenters. The molecule has 0 amide bonds. The third kappa shape index (κ3) is 4.61. The number of carbonyl (C=O) groups is 2. The highest BCUT2D eigenvalue weighted by molar-refractivity contribution is 5.72. The van der Waals surface area contributed by atoms with E-state index >= 15 is 0 Å². The van der Waals surface area contributed by atoms with Gasteiger partial charge >= 0.3 is 11.9 Å². The summed E-state index contributed by atoms with van der Waals surface area (Å²) in [7, 11) is 0. The zero-order valence-electron chi connectivity index (χ0n) is 15.7. The standard InChI is InChI=1S/C20H32O4/c1-6-7-9-20(4,5)10-8-16(23-14(3)21)19-13(2)11-17-15(19)12-18(22)24-17/h8,10,13,15-17,19H,6-7,9,11-12H2,1-5H3/b10-8+/t13-,15+,16+,17+,19+/m1/s1. The number of ether oxygens (including phenoxy) is 2. The Morgan fingerprint density at radius 2 is 2.17 bits per heavy atom. The molecule has 2 fully saturated rings. The zero-order valence-corrected chi connectivity index (χ0v) is 15.7. The van der Waals surface area contributed by atoms with Crippen molar-refractivity contribution >= 4 is 11.9 Å². The maximum absolute atomic E-state index is 11.6. The van der Waals surface area contributed by atoms with Crippen molar-refractivity contribution in [3.63, 3.8) is 0 Å². The molecular weight excluding hydrogens is 304 g/mol. The molecule has 1 heterocycles. The summed E-state index contributed by atoms with van der Waals surface area (Å²) in [5.41, 5.74) is 0.0810. The summed E-state index contributed by atoms with van der Waals surface area (Å²) in [5, 5.41) is 0. The maximum atomic E-state index is 11.6. The molecule has 0 N–H and O–H groups in total. The lowest BCUT2D eigenvalue weighted by Crippen LogP contribution is -2.32. The molecule has 0 aromatic heterocycles. The van der Waals surface area contributed by atoms with Crippen LogP contribution in [0.3, 0.4) is 0 Å². The fourth-order valence-corrected chi connectivity index (χ4v) is 4.26. The molecule has 0 aromatic carbocycles. The Bertz CT molecular complexity index is 494. The summed E-state index contributed by atoms with van der Waals surface area (Å²) in [5.74, 6) is 0.317. The van der Waals surface area contributed by atoms with Gasteiger partial charge in [-0.1, -0.05) is 46.6 Å². The molecular formula is C20H32O4. The van der Waals surface area contributed by atoms with Gasteiger partial charge in [-0.25, -0.2) is 0 Å². The van der Waals surface area contributed by atoms with Crippen molar-refractivity contribution in [3.05, 3.63) is 12.2 Å². The number of hydrogen-bond donors (Lipinski definition) is 0. The zero-order chi connectivity index (χ0) is 17.9. The minimum atomic E-state index is -0.275. The normalized spacial score (nSPS) is 31.1. The highest BCUT2D eigenvalue weighted by Gasteiger charge is 2.51. The van der Waals surface area contributed by atoms with Gasteiger partial charge in [0, 0.05) is 18.8 Å². The van der Waals surface area contributed by atoms with Gasteiger partial charge in [0.05, 0.1) is 6.42 Å². The molecule has 1 aliphatic carbocycles. The van der Waals surface area contributed by atoms with Crippen LogP contribution in [0, 0.1) is 23.2 Å². The molecule has 5 atom stereocenters. The first-order chi connectivity index (χ1) is 11.2. The molecule has 0 spiro atoms. The van der Waals surface area contributed by atoms with Crippen molar-refractivity contribution in [2.75, 3.05) is 0 Å². The van der Waals surface area contributed by atoms with Crippen LogP contribution in [0.1, 0.15) is 66.7 Å². The summed E-state index contributed by atoms with van der Waals surface area (Å²) in [6.45, 7) is 10.2. The topological polar surface area (TPSA) is 52.6 Å². The first-order valence-electron chi connectivity index (χ1n) is 9.29. The van der Waals surface area contributed by atoms with Crippen LogP contribution in [0.4, 0.5) is 0 Å². The minimum Gasteiger partial charge on any atom is -0.462 e. The van der Waals surface area contributed by atoms with E-state index in [4.69, 9.17) is 9.47 Å². The van der Waals surface area contributed by atoms with E-state index in [0.717, 1.165) is 12.8 Å². The van der Waals surface area contributed by atoms with Crippen molar-refractivity contribution in [1.82, 2.24) is 0 Å². The van der Waals surface area contributed by atoms with Crippen molar-refractivity contribution < 1.29 is 19.1 Å². The highest BCUT2D eigenvalue weighted by atomic mass is 16.6. The monoisotopic (exact) mass is 336 g/mol. The van der Waals surface area contributed by atoms with Crippen LogP contribution in [0.15, 0.2) is 12.2 Å². The Hall–Kier alpha value is -1.32. The lowest BCUT2D eigenvalue weighted by molar-refractivity contribution is -0.147. The molecule has 136 valence electrons. The third-order valence-corrected chi connectivity index (χ3v) is 5.51. The molecule has 1 saturated carbocycles. The molecule has 4 nitrogen and oxygen atoms in total. The fraction of sp³-hybridized carbons (Fsp3) is 0.800. The Labute approximate surface area is 146 Å². The van der Waals surface area contributed by atoms with Gasteiger partial charge in [0.25, 0.3) is 0 Å². The van der Waals surface area contributed by atoms with E-state index in [-0.39, 0.29) is 41.4 Å². The van der Waals surface area contributed by atoms with Gasteiger partial charge in [-0.15, -0.1) is 0 Å². The Morgan fingerprint density at radius 1 is 1.46 bits per heavy atom. The molecule has 0 aromatic rings. The van der Waals surface area contributed by atoms with E-state index in [1.807, 2.05) is 0 Å². The number of carbonyl (C=O) groups excluding carboxylic acids is 2. The van der Waals surface area contributed by atoms with E-state index in [1.165, 1.54) is 19.8 Å². The molecule has 0 bridgehead atoms. The Morgan fingerprint density at radius 3 is 2.79 bits per heavy atom. The first-order valence-corrected chi connectivity index (χ1v) is 9.29. The van der Waals surface area contributed by atoms with Crippen LogP contribution >= 0.6 is 0 Å². The van der Waals surface area contributed by atoms with Gasteiger partial charge < -0.3 is 9.47 Å². The van der Waals surface area contributed by atoms with Crippen LogP contribution in [0.5, 0.6) is 0 Å².